The fraction of sp³-hybridized carbons (Fsp3) is 0.278. The second kappa shape index (κ2) is 6.89. The van der Waals surface area contributed by atoms with E-state index in [1.165, 1.54) is 6.07 Å². The number of hydrogen-bond donors (Lipinski definition) is 2. The first-order valence-corrected chi connectivity index (χ1v) is 7.68. The number of rotatable bonds is 6. The molecule has 0 amide bonds. The fourth-order valence-corrected chi connectivity index (χ4v) is 2.77. The van der Waals surface area contributed by atoms with Gasteiger partial charge in [0, 0.05) is 18.6 Å². The van der Waals surface area contributed by atoms with Crippen molar-refractivity contribution < 1.29 is 14.6 Å². The van der Waals surface area contributed by atoms with Crippen LogP contribution in [-0.4, -0.2) is 26.4 Å². The average Bonchev–Trinajstić information content (AvgIpc) is 2.91. The molecule has 0 aliphatic heterocycles. The Morgan fingerprint density at radius 1 is 1.09 bits per heavy atom. The number of para-hydroxylation sites is 2. The van der Waals surface area contributed by atoms with E-state index in [1.807, 2.05) is 28.8 Å². The van der Waals surface area contributed by atoms with E-state index in [1.54, 1.807) is 18.2 Å². The van der Waals surface area contributed by atoms with Gasteiger partial charge in [0.05, 0.1) is 23.7 Å². The van der Waals surface area contributed by atoms with E-state index in [2.05, 4.69) is 4.98 Å². The molecule has 0 spiro atoms. The summed E-state index contributed by atoms with van der Waals surface area (Å²) in [6.45, 7) is 0.307. The molecular weight excluding hydrogens is 295 g/mol. The number of aryl methyl sites for hydroxylation is 1. The van der Waals surface area contributed by atoms with E-state index < -0.39 is 11.9 Å². The molecule has 4 nitrogen and oxygen atoms in total. The van der Waals surface area contributed by atoms with E-state index in [9.17, 15) is 9.50 Å². The molecule has 0 radical (unpaired) electrons. The number of aliphatic hydroxyl groups excluding tert-OH is 2. The molecule has 0 saturated carbocycles. The lowest BCUT2D eigenvalue weighted by Gasteiger charge is -2.15. The van der Waals surface area contributed by atoms with Crippen molar-refractivity contribution >= 4 is 11.0 Å². The zero-order chi connectivity index (χ0) is 16.2. The Kier molecular flexibility index (Phi) is 4.69. The Morgan fingerprint density at radius 2 is 1.83 bits per heavy atom. The van der Waals surface area contributed by atoms with Gasteiger partial charge >= 0.3 is 0 Å². The Labute approximate surface area is 133 Å². The van der Waals surface area contributed by atoms with Crippen molar-refractivity contribution in [1.29, 1.82) is 0 Å². The molecule has 3 rings (SSSR count). The lowest BCUT2D eigenvalue weighted by molar-refractivity contribution is 0.152. The van der Waals surface area contributed by atoms with E-state index in [4.69, 9.17) is 5.11 Å². The molecule has 1 unspecified atom stereocenters. The van der Waals surface area contributed by atoms with Crippen LogP contribution in [0.1, 0.15) is 23.9 Å². The highest BCUT2D eigenvalue weighted by atomic mass is 19.1. The van der Waals surface area contributed by atoms with Gasteiger partial charge in [0.1, 0.15) is 11.6 Å². The normalized spacial score (nSPS) is 12.7. The van der Waals surface area contributed by atoms with Crippen molar-refractivity contribution in [1.82, 2.24) is 9.55 Å². The molecule has 23 heavy (non-hydrogen) atoms. The minimum absolute atomic E-state index is 0.0824. The van der Waals surface area contributed by atoms with Gasteiger partial charge < -0.3 is 14.8 Å². The van der Waals surface area contributed by atoms with Crippen molar-refractivity contribution in [3.05, 3.63) is 65.7 Å². The standard InChI is InChI=1S/C18H19FN2O2/c19-14-7-2-1-6-13(14)17(23)12-21-16-9-4-3-8-15(16)20-18(21)10-5-11-22/h1-4,6-9,17,22-23H,5,10-12H2. The molecule has 0 saturated heterocycles. The summed E-state index contributed by atoms with van der Waals surface area (Å²) in [4.78, 5) is 4.57. The van der Waals surface area contributed by atoms with E-state index >= 15 is 0 Å². The van der Waals surface area contributed by atoms with Gasteiger partial charge in [0.25, 0.3) is 0 Å². The summed E-state index contributed by atoms with van der Waals surface area (Å²) in [5.41, 5.74) is 2.01. The van der Waals surface area contributed by atoms with E-state index in [0.29, 0.717) is 12.8 Å². The molecule has 120 valence electrons. The summed E-state index contributed by atoms with van der Waals surface area (Å²) in [7, 11) is 0. The van der Waals surface area contributed by atoms with Gasteiger partial charge in [-0.25, -0.2) is 9.37 Å². The number of aromatic nitrogens is 2. The monoisotopic (exact) mass is 314 g/mol. The topological polar surface area (TPSA) is 58.3 Å². The van der Waals surface area contributed by atoms with Crippen molar-refractivity contribution in [2.75, 3.05) is 6.61 Å². The number of fused-ring (bicyclic) bond motifs is 1. The van der Waals surface area contributed by atoms with E-state index in [0.717, 1.165) is 16.9 Å². The molecule has 0 aliphatic rings. The largest absolute Gasteiger partial charge is 0.396 e. The summed E-state index contributed by atoms with van der Waals surface area (Å²) in [5.74, 6) is 0.372. The van der Waals surface area contributed by atoms with Crippen LogP contribution in [0.15, 0.2) is 48.5 Å². The van der Waals surface area contributed by atoms with Gasteiger partial charge in [0.2, 0.25) is 0 Å². The number of imidazole rings is 1. The first-order chi connectivity index (χ1) is 11.2. The van der Waals surface area contributed by atoms with Crippen molar-refractivity contribution in [3.8, 4) is 0 Å². The molecule has 1 atom stereocenters. The zero-order valence-electron chi connectivity index (χ0n) is 12.7. The summed E-state index contributed by atoms with van der Waals surface area (Å²) >= 11 is 0. The number of hydrogen-bond acceptors (Lipinski definition) is 3. The maximum absolute atomic E-state index is 13.9. The first kappa shape index (κ1) is 15.6. The molecule has 5 heteroatoms. The third kappa shape index (κ3) is 3.25. The maximum Gasteiger partial charge on any atom is 0.129 e. The Bertz CT molecular complexity index is 801. The number of halogens is 1. The highest BCUT2D eigenvalue weighted by molar-refractivity contribution is 5.75. The van der Waals surface area contributed by atoms with Crippen LogP contribution < -0.4 is 0 Å². The molecule has 3 aromatic rings. The Morgan fingerprint density at radius 3 is 2.61 bits per heavy atom. The van der Waals surface area contributed by atoms with Crippen LogP contribution in [0.3, 0.4) is 0 Å². The van der Waals surface area contributed by atoms with Crippen LogP contribution in [0.5, 0.6) is 0 Å². The lowest BCUT2D eigenvalue weighted by Crippen LogP contribution is -2.13. The predicted octanol–water partition coefficient (Wildman–Crippen LogP) is 2.83. The smallest absolute Gasteiger partial charge is 0.129 e. The van der Waals surface area contributed by atoms with Crippen molar-refractivity contribution in [3.63, 3.8) is 0 Å². The molecule has 2 N–H and O–H groups in total. The Balaban J connectivity index is 1.96. The molecule has 0 aliphatic carbocycles. The second-order valence-electron chi connectivity index (χ2n) is 5.49. The zero-order valence-corrected chi connectivity index (χ0v) is 12.7. The van der Waals surface area contributed by atoms with Gasteiger partial charge in [0.15, 0.2) is 0 Å². The quantitative estimate of drug-likeness (QED) is 0.735. The SMILES string of the molecule is OCCCc1nc2ccccc2n1CC(O)c1ccccc1F. The molecule has 0 bridgehead atoms. The third-order valence-electron chi connectivity index (χ3n) is 3.91. The van der Waals surface area contributed by atoms with E-state index in [-0.39, 0.29) is 18.7 Å². The van der Waals surface area contributed by atoms with Crippen molar-refractivity contribution in [2.24, 2.45) is 0 Å². The van der Waals surface area contributed by atoms with Gasteiger partial charge in [-0.3, -0.25) is 0 Å². The minimum Gasteiger partial charge on any atom is -0.396 e. The number of aliphatic hydroxyl groups is 2. The third-order valence-corrected chi connectivity index (χ3v) is 3.91. The molecule has 1 aromatic heterocycles. The highest BCUT2D eigenvalue weighted by Gasteiger charge is 2.17. The summed E-state index contributed by atoms with van der Waals surface area (Å²) < 4.78 is 15.8. The fourth-order valence-electron chi connectivity index (χ4n) is 2.77. The van der Waals surface area contributed by atoms with Crippen LogP contribution in [0.2, 0.25) is 0 Å². The van der Waals surface area contributed by atoms with Gasteiger partial charge in [-0.15, -0.1) is 0 Å². The highest BCUT2D eigenvalue weighted by Crippen LogP contribution is 2.23. The van der Waals surface area contributed by atoms with Crippen LogP contribution in [0.4, 0.5) is 4.39 Å². The van der Waals surface area contributed by atoms with Crippen LogP contribution in [0, 0.1) is 5.82 Å². The molecular formula is C18H19FN2O2. The Hall–Kier alpha value is -2.24. The van der Waals surface area contributed by atoms with Crippen LogP contribution >= 0.6 is 0 Å². The maximum atomic E-state index is 13.9. The lowest BCUT2D eigenvalue weighted by atomic mass is 10.1. The van der Waals surface area contributed by atoms with Gasteiger partial charge in [-0.1, -0.05) is 30.3 Å². The van der Waals surface area contributed by atoms with Gasteiger partial charge in [-0.05, 0) is 24.6 Å². The second-order valence-corrected chi connectivity index (χ2v) is 5.49. The minimum atomic E-state index is -0.957. The summed E-state index contributed by atoms with van der Waals surface area (Å²) in [6, 6.07) is 13.9. The summed E-state index contributed by atoms with van der Waals surface area (Å²) in [6.07, 6.45) is 0.246. The first-order valence-electron chi connectivity index (χ1n) is 7.68. The van der Waals surface area contributed by atoms with Gasteiger partial charge in [-0.2, -0.15) is 0 Å². The average molecular weight is 314 g/mol. The van der Waals surface area contributed by atoms with Crippen LogP contribution in [-0.2, 0) is 13.0 Å². The molecule has 1 heterocycles. The van der Waals surface area contributed by atoms with Crippen LogP contribution in [0.25, 0.3) is 11.0 Å². The summed E-state index contributed by atoms with van der Waals surface area (Å²) in [5, 5.41) is 19.5. The predicted molar refractivity (Wildman–Crippen MR) is 86.5 cm³/mol. The molecule has 2 aromatic carbocycles. The molecule has 0 fully saturated rings. The van der Waals surface area contributed by atoms with Crippen molar-refractivity contribution in [2.45, 2.75) is 25.5 Å². The number of benzene rings is 2. The number of nitrogens with zero attached hydrogens (tertiary/aromatic N) is 2.